The van der Waals surface area contributed by atoms with Crippen LogP contribution in [-0.2, 0) is 11.2 Å². The van der Waals surface area contributed by atoms with E-state index in [9.17, 15) is 9.18 Å². The van der Waals surface area contributed by atoms with Gasteiger partial charge in [-0.25, -0.2) is 4.39 Å². The van der Waals surface area contributed by atoms with Gasteiger partial charge in [-0.1, -0.05) is 23.4 Å². The summed E-state index contributed by atoms with van der Waals surface area (Å²) in [7, 11) is 0. The third-order valence-electron chi connectivity index (χ3n) is 3.22. The molecule has 3 rings (SSSR count). The van der Waals surface area contributed by atoms with Crippen molar-refractivity contribution in [2.24, 2.45) is 5.92 Å². The van der Waals surface area contributed by atoms with Crippen LogP contribution in [0.3, 0.4) is 0 Å². The Balaban J connectivity index is 1.73. The van der Waals surface area contributed by atoms with E-state index < -0.39 is 11.9 Å². The van der Waals surface area contributed by atoms with Crippen LogP contribution in [0, 0.1) is 11.7 Å². The maximum atomic E-state index is 13.5. The minimum Gasteiger partial charge on any atom is -0.481 e. The van der Waals surface area contributed by atoms with Crippen LogP contribution in [0.5, 0.6) is 0 Å². The van der Waals surface area contributed by atoms with Crippen LogP contribution in [0.15, 0.2) is 28.8 Å². The van der Waals surface area contributed by atoms with E-state index >= 15 is 0 Å². The lowest BCUT2D eigenvalue weighted by atomic mass is 10.1. The molecule has 1 aromatic carbocycles. The SMILES string of the molecule is O=C(O)C1CC1c1nc(Cc2ccccc2F)no1. The van der Waals surface area contributed by atoms with Gasteiger partial charge in [0, 0.05) is 6.42 Å². The highest BCUT2D eigenvalue weighted by molar-refractivity contribution is 5.74. The minimum atomic E-state index is -0.848. The van der Waals surface area contributed by atoms with Crippen LogP contribution >= 0.6 is 0 Å². The Morgan fingerprint density at radius 1 is 1.47 bits per heavy atom. The number of carboxylic acid groups (broad SMARTS) is 1. The van der Waals surface area contributed by atoms with Gasteiger partial charge in [0.05, 0.1) is 11.8 Å². The minimum absolute atomic E-state index is 0.195. The largest absolute Gasteiger partial charge is 0.481 e. The summed E-state index contributed by atoms with van der Waals surface area (Å²) in [4.78, 5) is 14.9. The molecular weight excluding hydrogens is 251 g/mol. The molecule has 1 aromatic heterocycles. The topological polar surface area (TPSA) is 76.2 Å². The van der Waals surface area contributed by atoms with Gasteiger partial charge in [-0.15, -0.1) is 0 Å². The van der Waals surface area contributed by atoms with Crippen LogP contribution in [0.25, 0.3) is 0 Å². The second-order valence-corrected chi connectivity index (χ2v) is 4.60. The summed E-state index contributed by atoms with van der Waals surface area (Å²) in [5.41, 5.74) is 0.487. The summed E-state index contributed by atoms with van der Waals surface area (Å²) >= 11 is 0. The lowest BCUT2D eigenvalue weighted by Crippen LogP contribution is -1.99. The average molecular weight is 262 g/mol. The summed E-state index contributed by atoms with van der Waals surface area (Å²) in [6, 6.07) is 6.38. The molecule has 2 atom stereocenters. The Labute approximate surface area is 108 Å². The van der Waals surface area contributed by atoms with Crippen molar-refractivity contribution in [3.05, 3.63) is 47.4 Å². The highest BCUT2D eigenvalue weighted by atomic mass is 19.1. The van der Waals surface area contributed by atoms with Crippen molar-refractivity contribution in [2.45, 2.75) is 18.8 Å². The quantitative estimate of drug-likeness (QED) is 0.911. The first-order valence-corrected chi connectivity index (χ1v) is 5.94. The molecule has 2 unspecified atom stereocenters. The average Bonchev–Trinajstić information content (AvgIpc) is 3.06. The standard InChI is InChI=1S/C13H11FN2O3/c14-10-4-2-1-3-7(10)5-11-15-12(19-16-11)8-6-9(8)13(17)18/h1-4,8-9H,5-6H2,(H,17,18). The molecule has 1 N–H and O–H groups in total. The van der Waals surface area contributed by atoms with E-state index in [1.165, 1.54) is 6.07 Å². The van der Waals surface area contributed by atoms with Crippen molar-refractivity contribution in [1.29, 1.82) is 0 Å². The lowest BCUT2D eigenvalue weighted by Gasteiger charge is -1.97. The number of carbonyl (C=O) groups is 1. The molecule has 0 amide bonds. The number of benzene rings is 1. The zero-order chi connectivity index (χ0) is 13.4. The van der Waals surface area contributed by atoms with E-state index in [-0.39, 0.29) is 18.2 Å². The molecule has 2 aromatic rings. The third-order valence-corrected chi connectivity index (χ3v) is 3.22. The second kappa shape index (κ2) is 4.46. The van der Waals surface area contributed by atoms with Gasteiger partial charge in [-0.05, 0) is 18.1 Å². The molecule has 1 aliphatic rings. The fourth-order valence-electron chi connectivity index (χ4n) is 2.04. The Hall–Kier alpha value is -2.24. The van der Waals surface area contributed by atoms with E-state index in [4.69, 9.17) is 9.63 Å². The molecule has 1 saturated carbocycles. The first-order valence-electron chi connectivity index (χ1n) is 5.94. The van der Waals surface area contributed by atoms with E-state index in [1.54, 1.807) is 18.2 Å². The molecule has 1 fully saturated rings. The van der Waals surface area contributed by atoms with Crippen molar-refractivity contribution in [1.82, 2.24) is 10.1 Å². The molecule has 0 saturated heterocycles. The number of aliphatic carboxylic acids is 1. The van der Waals surface area contributed by atoms with E-state index in [1.807, 2.05) is 0 Å². The number of aromatic nitrogens is 2. The van der Waals surface area contributed by atoms with Gasteiger partial charge in [-0.3, -0.25) is 4.79 Å². The zero-order valence-electron chi connectivity index (χ0n) is 9.91. The number of halogens is 1. The molecular formula is C13H11FN2O3. The van der Waals surface area contributed by atoms with E-state index in [2.05, 4.69) is 10.1 Å². The maximum Gasteiger partial charge on any atom is 0.307 e. The van der Waals surface area contributed by atoms with Crippen LogP contribution in [0.1, 0.15) is 29.6 Å². The molecule has 0 aliphatic heterocycles. The van der Waals surface area contributed by atoms with E-state index in [0.717, 1.165) is 0 Å². The van der Waals surface area contributed by atoms with Crippen LogP contribution < -0.4 is 0 Å². The van der Waals surface area contributed by atoms with Gasteiger partial charge in [0.1, 0.15) is 5.82 Å². The molecule has 1 heterocycles. The molecule has 98 valence electrons. The van der Waals surface area contributed by atoms with Gasteiger partial charge >= 0.3 is 5.97 Å². The van der Waals surface area contributed by atoms with Crippen molar-refractivity contribution >= 4 is 5.97 Å². The lowest BCUT2D eigenvalue weighted by molar-refractivity contribution is -0.138. The fourth-order valence-corrected chi connectivity index (χ4v) is 2.04. The van der Waals surface area contributed by atoms with Gasteiger partial charge in [0.2, 0.25) is 5.89 Å². The number of nitrogens with zero attached hydrogens (tertiary/aromatic N) is 2. The summed E-state index contributed by atoms with van der Waals surface area (Å²) in [6.07, 6.45) is 0.761. The molecule has 1 aliphatic carbocycles. The van der Waals surface area contributed by atoms with Crippen molar-refractivity contribution in [3.8, 4) is 0 Å². The van der Waals surface area contributed by atoms with Gasteiger partial charge in [-0.2, -0.15) is 4.98 Å². The number of hydrogen-bond donors (Lipinski definition) is 1. The van der Waals surface area contributed by atoms with Gasteiger partial charge in [0.15, 0.2) is 5.82 Å². The Morgan fingerprint density at radius 3 is 2.95 bits per heavy atom. The third kappa shape index (κ3) is 2.33. The fraction of sp³-hybridized carbons (Fsp3) is 0.308. The highest BCUT2D eigenvalue weighted by Gasteiger charge is 2.48. The van der Waals surface area contributed by atoms with Crippen molar-refractivity contribution in [3.63, 3.8) is 0 Å². The normalized spacial score (nSPS) is 21.3. The predicted molar refractivity (Wildman–Crippen MR) is 62.0 cm³/mol. The molecule has 0 spiro atoms. The summed E-state index contributed by atoms with van der Waals surface area (Å²) in [6.45, 7) is 0. The van der Waals surface area contributed by atoms with Crippen LogP contribution in [-0.4, -0.2) is 21.2 Å². The van der Waals surface area contributed by atoms with E-state index in [0.29, 0.717) is 23.7 Å². The monoisotopic (exact) mass is 262 g/mol. The van der Waals surface area contributed by atoms with Crippen molar-refractivity contribution < 1.29 is 18.8 Å². The number of rotatable bonds is 4. The summed E-state index contributed by atoms with van der Waals surface area (Å²) in [5.74, 6) is -1.08. The second-order valence-electron chi connectivity index (χ2n) is 4.60. The Morgan fingerprint density at radius 2 is 2.26 bits per heavy atom. The van der Waals surface area contributed by atoms with Gasteiger partial charge < -0.3 is 9.63 Å². The molecule has 0 bridgehead atoms. The number of hydrogen-bond acceptors (Lipinski definition) is 4. The smallest absolute Gasteiger partial charge is 0.307 e. The predicted octanol–water partition coefficient (Wildman–Crippen LogP) is 1.99. The highest BCUT2D eigenvalue weighted by Crippen LogP contribution is 2.46. The van der Waals surface area contributed by atoms with Crippen molar-refractivity contribution in [2.75, 3.05) is 0 Å². The summed E-state index contributed by atoms with van der Waals surface area (Å²) in [5, 5.41) is 12.6. The summed E-state index contributed by atoms with van der Waals surface area (Å²) < 4.78 is 18.5. The molecule has 6 heteroatoms. The van der Waals surface area contributed by atoms with Gasteiger partial charge in [0.25, 0.3) is 0 Å². The maximum absolute atomic E-state index is 13.5. The Bertz CT molecular complexity index is 626. The van der Waals surface area contributed by atoms with Crippen LogP contribution in [0.4, 0.5) is 4.39 Å². The first kappa shape index (κ1) is 11.8. The zero-order valence-corrected chi connectivity index (χ0v) is 9.91. The molecule has 0 radical (unpaired) electrons. The molecule has 19 heavy (non-hydrogen) atoms. The molecule has 5 nitrogen and oxygen atoms in total. The first-order chi connectivity index (χ1) is 9.15. The van der Waals surface area contributed by atoms with Crippen LogP contribution in [0.2, 0.25) is 0 Å². The number of carboxylic acids is 1. The Kier molecular flexibility index (Phi) is 2.77.